The maximum absolute atomic E-state index is 13.3. The molecule has 0 saturated carbocycles. The van der Waals surface area contributed by atoms with Crippen molar-refractivity contribution in [3.8, 4) is 5.69 Å². The number of carbonyl (C=O) groups is 3. The molecule has 1 N–H and O–H groups in total. The van der Waals surface area contributed by atoms with E-state index in [0.717, 1.165) is 39.7 Å². The number of hydrogen-bond acceptors (Lipinski definition) is 4. The quantitative estimate of drug-likeness (QED) is 0.408. The van der Waals surface area contributed by atoms with Crippen molar-refractivity contribution in [1.29, 1.82) is 0 Å². The van der Waals surface area contributed by atoms with E-state index in [1.54, 1.807) is 18.2 Å². The van der Waals surface area contributed by atoms with E-state index in [4.69, 9.17) is 23.2 Å². The molecule has 2 heterocycles. The first kappa shape index (κ1) is 24.1. The second kappa shape index (κ2) is 9.66. The van der Waals surface area contributed by atoms with E-state index < -0.39 is 29.4 Å². The summed E-state index contributed by atoms with van der Waals surface area (Å²) in [5, 5.41) is 2.75. The number of imide groups is 1. The van der Waals surface area contributed by atoms with E-state index in [-0.39, 0.29) is 10.6 Å². The molecule has 174 valence electrons. The minimum atomic E-state index is -0.608. The van der Waals surface area contributed by atoms with Crippen molar-refractivity contribution in [2.24, 2.45) is 0 Å². The highest BCUT2D eigenvalue weighted by Gasteiger charge is 2.36. The van der Waals surface area contributed by atoms with Gasteiger partial charge in [0.1, 0.15) is 12.4 Å². The smallest absolute Gasteiger partial charge is 0.294 e. The van der Waals surface area contributed by atoms with E-state index in [9.17, 15) is 18.8 Å². The van der Waals surface area contributed by atoms with Gasteiger partial charge < -0.3 is 9.88 Å². The lowest BCUT2D eigenvalue weighted by Gasteiger charge is -2.13. The first-order valence-electron chi connectivity index (χ1n) is 10.1. The predicted octanol–water partition coefficient (Wildman–Crippen LogP) is 6.22. The van der Waals surface area contributed by atoms with E-state index in [0.29, 0.717) is 15.7 Å². The molecule has 0 unspecified atom stereocenters. The Balaban J connectivity index is 1.56. The fourth-order valence-electron chi connectivity index (χ4n) is 3.66. The molecule has 1 aliphatic rings. The topological polar surface area (TPSA) is 71.4 Å². The highest BCUT2D eigenvalue weighted by atomic mass is 35.5. The largest absolute Gasteiger partial charge is 0.324 e. The minimum Gasteiger partial charge on any atom is -0.324 e. The number of rotatable bonds is 5. The first-order valence-corrected chi connectivity index (χ1v) is 11.7. The molecule has 1 fully saturated rings. The molecule has 34 heavy (non-hydrogen) atoms. The number of nitrogens with one attached hydrogen (secondary N) is 1. The zero-order valence-corrected chi connectivity index (χ0v) is 20.4. The summed E-state index contributed by atoms with van der Waals surface area (Å²) in [4.78, 5) is 38.7. The molecule has 0 spiro atoms. The fraction of sp³-hybridized carbons (Fsp3) is 0.125. The third-order valence-electron chi connectivity index (χ3n) is 5.21. The molecule has 3 amide bonds. The molecule has 1 aliphatic heterocycles. The van der Waals surface area contributed by atoms with Crippen molar-refractivity contribution in [3.63, 3.8) is 0 Å². The Bertz CT molecular complexity index is 1370. The number of benzene rings is 2. The second-order valence-corrected chi connectivity index (χ2v) is 9.34. The van der Waals surface area contributed by atoms with Crippen LogP contribution in [0, 0.1) is 19.7 Å². The monoisotopic (exact) mass is 517 g/mol. The predicted molar refractivity (Wildman–Crippen MR) is 133 cm³/mol. The molecule has 0 radical (unpaired) electrons. The number of amides is 3. The lowest BCUT2D eigenvalue weighted by Crippen LogP contribution is -2.36. The molecular weight excluding hydrogens is 500 g/mol. The third-order valence-corrected chi connectivity index (χ3v) is 6.93. The number of aryl methyl sites for hydroxylation is 1. The van der Waals surface area contributed by atoms with Crippen LogP contribution in [0.1, 0.15) is 17.0 Å². The number of thioether (sulfide) groups is 1. The molecule has 1 saturated heterocycles. The number of halogens is 3. The average Bonchev–Trinajstić information content (AvgIpc) is 3.19. The summed E-state index contributed by atoms with van der Waals surface area (Å²) >= 11 is 13.3. The Morgan fingerprint density at radius 2 is 1.85 bits per heavy atom. The van der Waals surface area contributed by atoms with Crippen LogP contribution >= 0.6 is 35.0 Å². The highest BCUT2D eigenvalue weighted by Crippen LogP contribution is 2.35. The van der Waals surface area contributed by atoms with Gasteiger partial charge in [-0.3, -0.25) is 19.3 Å². The minimum absolute atomic E-state index is 0.195. The summed E-state index contributed by atoms with van der Waals surface area (Å²) < 4.78 is 15.2. The Kier molecular flexibility index (Phi) is 6.84. The van der Waals surface area contributed by atoms with Gasteiger partial charge >= 0.3 is 0 Å². The number of anilines is 1. The number of hydrogen-bond donors (Lipinski definition) is 1. The van der Waals surface area contributed by atoms with Gasteiger partial charge in [0.25, 0.3) is 11.1 Å². The van der Waals surface area contributed by atoms with E-state index in [1.165, 1.54) is 18.2 Å². The van der Waals surface area contributed by atoms with Gasteiger partial charge in [-0.15, -0.1) is 0 Å². The van der Waals surface area contributed by atoms with Crippen molar-refractivity contribution in [2.75, 3.05) is 11.9 Å². The fourth-order valence-corrected chi connectivity index (χ4v) is 4.87. The second-order valence-electron chi connectivity index (χ2n) is 7.56. The Morgan fingerprint density at radius 3 is 2.59 bits per heavy atom. The van der Waals surface area contributed by atoms with Crippen molar-refractivity contribution >= 4 is 63.8 Å². The van der Waals surface area contributed by atoms with Crippen LogP contribution in [0.4, 0.5) is 14.9 Å². The summed E-state index contributed by atoms with van der Waals surface area (Å²) in [5.74, 6) is -1.69. The van der Waals surface area contributed by atoms with Gasteiger partial charge in [-0.1, -0.05) is 35.3 Å². The van der Waals surface area contributed by atoms with Crippen LogP contribution in [0.5, 0.6) is 0 Å². The molecular formula is C24H18Cl2FN3O3S. The molecule has 0 bridgehead atoms. The van der Waals surface area contributed by atoms with Crippen molar-refractivity contribution in [2.45, 2.75) is 13.8 Å². The maximum atomic E-state index is 13.3. The zero-order chi connectivity index (χ0) is 24.6. The van der Waals surface area contributed by atoms with Gasteiger partial charge in [-0.25, -0.2) is 4.39 Å². The van der Waals surface area contributed by atoms with Gasteiger partial charge in [0, 0.05) is 17.1 Å². The molecule has 2 aromatic carbocycles. The average molecular weight is 518 g/mol. The first-order chi connectivity index (χ1) is 16.2. The molecule has 6 nitrogen and oxygen atoms in total. The van der Waals surface area contributed by atoms with Gasteiger partial charge in [-0.2, -0.15) is 0 Å². The standard InChI is InChI=1S/C24H18Cl2FN3O3S/c1-13-9-15(14(2)30(13)19-8-4-7-18(25)22(19)26)10-20-23(32)29(24(33)34-20)12-21(31)28-17-6-3-5-16(27)11-17/h3-11H,12H2,1-2H3,(H,28,31)/b20-10+. The van der Waals surface area contributed by atoms with E-state index in [1.807, 2.05) is 30.5 Å². The molecule has 10 heteroatoms. The van der Waals surface area contributed by atoms with Gasteiger partial charge in [-0.05, 0) is 73.6 Å². The Morgan fingerprint density at radius 1 is 1.12 bits per heavy atom. The lowest BCUT2D eigenvalue weighted by molar-refractivity contribution is -0.127. The summed E-state index contributed by atoms with van der Waals surface area (Å²) in [6, 6.07) is 12.5. The van der Waals surface area contributed by atoms with Gasteiger partial charge in [0.05, 0.1) is 20.6 Å². The highest BCUT2D eigenvalue weighted by molar-refractivity contribution is 8.18. The van der Waals surface area contributed by atoms with Crippen LogP contribution < -0.4 is 5.32 Å². The molecule has 1 aromatic heterocycles. The van der Waals surface area contributed by atoms with Crippen molar-refractivity contribution in [3.05, 3.63) is 86.2 Å². The van der Waals surface area contributed by atoms with Crippen LogP contribution in [-0.4, -0.2) is 33.1 Å². The summed E-state index contributed by atoms with van der Waals surface area (Å²) in [6.45, 7) is 3.28. The number of nitrogens with zero attached hydrogens (tertiary/aromatic N) is 2. The van der Waals surface area contributed by atoms with Gasteiger partial charge in [0.2, 0.25) is 5.91 Å². The van der Waals surface area contributed by atoms with Crippen LogP contribution in [0.15, 0.2) is 53.4 Å². The zero-order valence-electron chi connectivity index (χ0n) is 18.1. The molecule has 0 aliphatic carbocycles. The maximum Gasteiger partial charge on any atom is 0.294 e. The Labute approximate surface area is 209 Å². The van der Waals surface area contributed by atoms with Crippen LogP contribution in [0.3, 0.4) is 0 Å². The SMILES string of the molecule is Cc1cc(/C=C2/SC(=O)N(CC(=O)Nc3cccc(F)c3)C2=O)c(C)n1-c1cccc(Cl)c1Cl. The van der Waals surface area contributed by atoms with E-state index >= 15 is 0 Å². The molecule has 3 aromatic rings. The molecule has 0 atom stereocenters. The normalized spacial score (nSPS) is 14.9. The van der Waals surface area contributed by atoms with Crippen LogP contribution in [-0.2, 0) is 9.59 Å². The lowest BCUT2D eigenvalue weighted by atomic mass is 10.2. The summed E-state index contributed by atoms with van der Waals surface area (Å²) in [5.41, 5.74) is 3.33. The number of carbonyl (C=O) groups excluding carboxylic acids is 3. The summed E-state index contributed by atoms with van der Waals surface area (Å²) in [7, 11) is 0. The molecule has 4 rings (SSSR count). The van der Waals surface area contributed by atoms with Gasteiger partial charge in [0.15, 0.2) is 0 Å². The Hall–Kier alpha value is -3.07. The third kappa shape index (κ3) is 4.75. The van der Waals surface area contributed by atoms with Crippen LogP contribution in [0.2, 0.25) is 10.0 Å². The van der Waals surface area contributed by atoms with E-state index in [2.05, 4.69) is 5.32 Å². The number of aromatic nitrogens is 1. The van der Waals surface area contributed by atoms with Crippen molar-refractivity contribution < 1.29 is 18.8 Å². The summed E-state index contributed by atoms with van der Waals surface area (Å²) in [6.07, 6.45) is 1.62. The van der Waals surface area contributed by atoms with Crippen molar-refractivity contribution in [1.82, 2.24) is 9.47 Å². The van der Waals surface area contributed by atoms with Crippen LogP contribution in [0.25, 0.3) is 11.8 Å².